The van der Waals surface area contributed by atoms with Crippen LogP contribution in [0.15, 0.2) is 29.2 Å². The van der Waals surface area contributed by atoms with Gasteiger partial charge in [0, 0.05) is 17.3 Å². The van der Waals surface area contributed by atoms with E-state index in [2.05, 4.69) is 6.92 Å². The molecule has 1 atom stereocenters. The number of carbonyl (C=O) groups is 1. The monoisotopic (exact) mass is 284 g/mol. The lowest BCUT2D eigenvalue weighted by Gasteiger charge is -2.11. The molecule has 2 N–H and O–H groups in total. The normalized spacial score (nSPS) is 12.3. The fourth-order valence-corrected chi connectivity index (χ4v) is 2.29. The molecular formula is C14H20O4S. The SMILES string of the molecule is CCCCOCC(O)CSc1cccc(C(=O)O)c1. The highest BCUT2D eigenvalue weighted by molar-refractivity contribution is 7.99. The molecule has 0 bridgehead atoms. The maximum absolute atomic E-state index is 10.8. The lowest BCUT2D eigenvalue weighted by molar-refractivity contribution is 0.0473. The Bertz CT molecular complexity index is 395. The van der Waals surface area contributed by atoms with E-state index in [0.717, 1.165) is 17.7 Å². The fourth-order valence-electron chi connectivity index (χ4n) is 1.43. The molecule has 0 spiro atoms. The number of carboxylic acids is 1. The van der Waals surface area contributed by atoms with Crippen molar-refractivity contribution in [3.63, 3.8) is 0 Å². The summed E-state index contributed by atoms with van der Waals surface area (Å²) in [6.45, 7) is 3.09. The van der Waals surface area contributed by atoms with Gasteiger partial charge in [-0.1, -0.05) is 19.4 Å². The zero-order valence-corrected chi connectivity index (χ0v) is 11.9. The van der Waals surface area contributed by atoms with Crippen LogP contribution in [0.2, 0.25) is 0 Å². The Morgan fingerprint density at radius 3 is 2.95 bits per heavy atom. The first-order chi connectivity index (χ1) is 9.13. The van der Waals surface area contributed by atoms with Crippen molar-refractivity contribution in [2.45, 2.75) is 30.8 Å². The minimum Gasteiger partial charge on any atom is -0.478 e. The van der Waals surface area contributed by atoms with Crippen molar-refractivity contribution >= 4 is 17.7 Å². The maximum Gasteiger partial charge on any atom is 0.335 e. The average molecular weight is 284 g/mol. The summed E-state index contributed by atoms with van der Waals surface area (Å²) in [4.78, 5) is 11.7. The van der Waals surface area contributed by atoms with Gasteiger partial charge in [0.05, 0.1) is 18.3 Å². The van der Waals surface area contributed by atoms with E-state index in [1.165, 1.54) is 11.8 Å². The summed E-state index contributed by atoms with van der Waals surface area (Å²) in [6.07, 6.45) is 1.54. The minimum atomic E-state index is -0.939. The molecule has 0 saturated carbocycles. The Hall–Kier alpha value is -1.04. The van der Waals surface area contributed by atoms with Gasteiger partial charge in [-0.3, -0.25) is 0 Å². The summed E-state index contributed by atoms with van der Waals surface area (Å²) < 4.78 is 5.33. The van der Waals surface area contributed by atoms with Gasteiger partial charge < -0.3 is 14.9 Å². The molecule has 0 aliphatic rings. The molecule has 0 aliphatic carbocycles. The lowest BCUT2D eigenvalue weighted by atomic mass is 10.2. The van der Waals surface area contributed by atoms with Gasteiger partial charge in [0.2, 0.25) is 0 Å². The fraction of sp³-hybridized carbons (Fsp3) is 0.500. The van der Waals surface area contributed by atoms with E-state index in [0.29, 0.717) is 19.0 Å². The second kappa shape index (κ2) is 8.96. The molecule has 0 saturated heterocycles. The van der Waals surface area contributed by atoms with E-state index in [-0.39, 0.29) is 5.56 Å². The van der Waals surface area contributed by atoms with Gasteiger partial charge in [0.15, 0.2) is 0 Å². The standard InChI is InChI=1S/C14H20O4S/c1-2-3-7-18-9-12(15)10-19-13-6-4-5-11(8-13)14(16)17/h4-6,8,12,15H,2-3,7,9-10H2,1H3,(H,16,17). The number of hydrogen-bond acceptors (Lipinski definition) is 4. The van der Waals surface area contributed by atoms with Crippen LogP contribution in [0, 0.1) is 0 Å². The Morgan fingerprint density at radius 2 is 2.26 bits per heavy atom. The van der Waals surface area contributed by atoms with E-state index in [9.17, 15) is 9.90 Å². The average Bonchev–Trinajstić information content (AvgIpc) is 2.41. The third kappa shape index (κ3) is 6.61. The van der Waals surface area contributed by atoms with E-state index in [1.54, 1.807) is 18.2 Å². The molecule has 19 heavy (non-hydrogen) atoms. The van der Waals surface area contributed by atoms with Gasteiger partial charge in [0.25, 0.3) is 0 Å². The summed E-state index contributed by atoms with van der Waals surface area (Å²) in [6, 6.07) is 6.70. The predicted octanol–water partition coefficient (Wildman–Crippen LogP) is 2.65. The number of aromatic carboxylic acids is 1. The van der Waals surface area contributed by atoms with Crippen molar-refractivity contribution in [1.29, 1.82) is 0 Å². The number of unbranched alkanes of at least 4 members (excludes halogenated alkanes) is 1. The number of aliphatic hydroxyl groups excluding tert-OH is 1. The Labute approximate surface area is 117 Å². The molecule has 0 amide bonds. The zero-order valence-electron chi connectivity index (χ0n) is 11.0. The van der Waals surface area contributed by atoms with Crippen LogP contribution in [0.1, 0.15) is 30.1 Å². The van der Waals surface area contributed by atoms with Crippen LogP contribution in [-0.4, -0.2) is 41.3 Å². The number of carboxylic acid groups (broad SMARTS) is 1. The first kappa shape index (κ1) is 16.0. The van der Waals surface area contributed by atoms with Crippen LogP contribution >= 0.6 is 11.8 Å². The van der Waals surface area contributed by atoms with Crippen LogP contribution in [-0.2, 0) is 4.74 Å². The zero-order chi connectivity index (χ0) is 14.1. The molecule has 0 aromatic heterocycles. The lowest BCUT2D eigenvalue weighted by Crippen LogP contribution is -2.18. The number of hydrogen-bond donors (Lipinski definition) is 2. The van der Waals surface area contributed by atoms with Gasteiger partial charge in [-0.15, -0.1) is 11.8 Å². The third-order valence-corrected chi connectivity index (χ3v) is 3.61. The molecule has 5 heteroatoms. The van der Waals surface area contributed by atoms with Gasteiger partial charge >= 0.3 is 5.97 Å². The molecule has 1 rings (SSSR count). The van der Waals surface area contributed by atoms with Crippen molar-refractivity contribution in [3.8, 4) is 0 Å². The maximum atomic E-state index is 10.8. The summed E-state index contributed by atoms with van der Waals surface area (Å²) in [5.41, 5.74) is 0.263. The smallest absolute Gasteiger partial charge is 0.335 e. The van der Waals surface area contributed by atoms with Crippen molar-refractivity contribution in [2.24, 2.45) is 0 Å². The number of rotatable bonds is 9. The number of thioether (sulfide) groups is 1. The van der Waals surface area contributed by atoms with Crippen LogP contribution < -0.4 is 0 Å². The van der Waals surface area contributed by atoms with Gasteiger partial charge in [-0.05, 0) is 24.6 Å². The number of benzene rings is 1. The summed E-state index contributed by atoms with van der Waals surface area (Å²) in [5.74, 6) is -0.444. The first-order valence-corrected chi connectivity index (χ1v) is 7.34. The van der Waals surface area contributed by atoms with E-state index >= 15 is 0 Å². The summed E-state index contributed by atoms with van der Waals surface area (Å²) >= 11 is 1.43. The van der Waals surface area contributed by atoms with Crippen molar-refractivity contribution in [1.82, 2.24) is 0 Å². The molecule has 0 heterocycles. The van der Waals surface area contributed by atoms with Crippen molar-refractivity contribution in [2.75, 3.05) is 19.0 Å². The van der Waals surface area contributed by atoms with Gasteiger partial charge in [-0.25, -0.2) is 4.79 Å². The predicted molar refractivity (Wildman–Crippen MR) is 75.9 cm³/mol. The van der Waals surface area contributed by atoms with E-state index < -0.39 is 12.1 Å². The highest BCUT2D eigenvalue weighted by Crippen LogP contribution is 2.20. The van der Waals surface area contributed by atoms with Crippen LogP contribution in [0.25, 0.3) is 0 Å². The molecule has 1 unspecified atom stereocenters. The molecule has 0 aliphatic heterocycles. The molecular weight excluding hydrogens is 264 g/mol. The van der Waals surface area contributed by atoms with Crippen molar-refractivity contribution < 1.29 is 19.7 Å². The largest absolute Gasteiger partial charge is 0.478 e. The molecule has 0 radical (unpaired) electrons. The van der Waals surface area contributed by atoms with Gasteiger partial charge in [-0.2, -0.15) is 0 Å². The van der Waals surface area contributed by atoms with Crippen molar-refractivity contribution in [3.05, 3.63) is 29.8 Å². The Balaban J connectivity index is 2.31. The molecule has 1 aromatic rings. The Kier molecular flexibility index (Phi) is 7.55. The van der Waals surface area contributed by atoms with E-state index in [4.69, 9.17) is 9.84 Å². The first-order valence-electron chi connectivity index (χ1n) is 6.35. The molecule has 4 nitrogen and oxygen atoms in total. The minimum absolute atomic E-state index is 0.263. The number of ether oxygens (including phenoxy) is 1. The van der Waals surface area contributed by atoms with Crippen LogP contribution in [0.4, 0.5) is 0 Å². The summed E-state index contributed by atoms with van der Waals surface area (Å²) in [7, 11) is 0. The molecule has 0 fully saturated rings. The second-order valence-electron chi connectivity index (χ2n) is 4.23. The van der Waals surface area contributed by atoms with Crippen LogP contribution in [0.5, 0.6) is 0 Å². The van der Waals surface area contributed by atoms with E-state index in [1.807, 2.05) is 6.07 Å². The summed E-state index contributed by atoms with van der Waals surface area (Å²) in [5, 5.41) is 18.6. The molecule has 106 valence electrons. The third-order valence-electron chi connectivity index (χ3n) is 2.48. The quantitative estimate of drug-likeness (QED) is 0.539. The highest BCUT2D eigenvalue weighted by Gasteiger charge is 2.07. The van der Waals surface area contributed by atoms with Crippen LogP contribution in [0.3, 0.4) is 0 Å². The Morgan fingerprint density at radius 1 is 1.47 bits per heavy atom. The molecule has 1 aromatic carbocycles. The van der Waals surface area contributed by atoms with Gasteiger partial charge in [0.1, 0.15) is 0 Å². The number of aliphatic hydroxyl groups is 1. The highest BCUT2D eigenvalue weighted by atomic mass is 32.2. The topological polar surface area (TPSA) is 66.8 Å². The second-order valence-corrected chi connectivity index (χ2v) is 5.32.